The SMILES string of the molecule is CCNc1nc(N)ncc1Cc1cc(OC)c(OC)cc1C(C)C.CCNc1nc(S(C)(=O)=O)ncc1Cc1cc(OC)c(OC)cc1C(C)C. The van der Waals surface area contributed by atoms with Crippen LogP contribution in [0.2, 0.25) is 0 Å². The lowest BCUT2D eigenvalue weighted by Gasteiger charge is -2.18. The van der Waals surface area contributed by atoms with Gasteiger partial charge in [-0.05, 0) is 72.2 Å². The van der Waals surface area contributed by atoms with Gasteiger partial charge in [-0.1, -0.05) is 27.7 Å². The highest BCUT2D eigenvalue weighted by molar-refractivity contribution is 7.90. The number of benzene rings is 2. The number of aromatic nitrogens is 4. The number of nitrogens with two attached hydrogens (primary N) is 1. The number of methoxy groups -OCH3 is 4. The highest BCUT2D eigenvalue weighted by atomic mass is 32.2. The third kappa shape index (κ3) is 10.6. The van der Waals surface area contributed by atoms with Gasteiger partial charge in [0, 0.05) is 55.7 Å². The van der Waals surface area contributed by atoms with E-state index in [0.29, 0.717) is 42.6 Å². The fourth-order valence-corrected chi connectivity index (χ4v) is 6.06. The first-order chi connectivity index (χ1) is 24.2. The summed E-state index contributed by atoms with van der Waals surface area (Å²) in [4.78, 5) is 16.7. The molecule has 0 saturated heterocycles. The van der Waals surface area contributed by atoms with Crippen LogP contribution in [-0.2, 0) is 22.7 Å². The Kier molecular flexibility index (Phi) is 14.6. The first-order valence-electron chi connectivity index (χ1n) is 16.9. The van der Waals surface area contributed by atoms with E-state index < -0.39 is 9.84 Å². The number of anilines is 3. The van der Waals surface area contributed by atoms with Crippen molar-refractivity contribution in [1.82, 2.24) is 19.9 Å². The first-order valence-corrected chi connectivity index (χ1v) is 18.7. The van der Waals surface area contributed by atoms with E-state index in [4.69, 9.17) is 24.7 Å². The van der Waals surface area contributed by atoms with Crippen LogP contribution in [0.5, 0.6) is 23.0 Å². The van der Waals surface area contributed by atoms with E-state index in [1.807, 2.05) is 38.1 Å². The van der Waals surface area contributed by atoms with Gasteiger partial charge in [0.25, 0.3) is 0 Å². The summed E-state index contributed by atoms with van der Waals surface area (Å²) in [6.07, 6.45) is 5.68. The average molecular weight is 724 g/mol. The standard InChI is InChI=1S/C19H27N3O4S.C18H26N4O2/c1-7-20-18-14(11-21-19(22-18)27(6,23)24)8-13-9-16(25-4)17(26-5)10-15(13)12(2)3;1-6-20-17-13(10-21-18(19)22-17)7-12-8-15(23-4)16(24-5)9-14(12)11(2)3/h9-12H,7-8H2,1-6H3,(H,20,21,22);8-11H,6-7H2,1-5H3,(H3,19,20,21,22). The van der Waals surface area contributed by atoms with Crippen molar-refractivity contribution in [3.05, 3.63) is 70.0 Å². The van der Waals surface area contributed by atoms with Crippen molar-refractivity contribution in [2.45, 2.75) is 71.4 Å². The maximum Gasteiger partial charge on any atom is 0.248 e. The Hall–Kier alpha value is -4.85. The molecule has 2 heterocycles. The second-order valence-corrected chi connectivity index (χ2v) is 14.3. The number of hydrogen-bond donors (Lipinski definition) is 3. The minimum atomic E-state index is -3.47. The van der Waals surface area contributed by atoms with E-state index >= 15 is 0 Å². The second-order valence-electron chi connectivity index (χ2n) is 12.4. The maximum absolute atomic E-state index is 11.8. The number of nitrogens with one attached hydrogen (secondary N) is 2. The van der Waals surface area contributed by atoms with Crippen molar-refractivity contribution in [2.24, 2.45) is 0 Å². The molecule has 13 nitrogen and oxygen atoms in total. The van der Waals surface area contributed by atoms with Gasteiger partial charge < -0.3 is 35.3 Å². The van der Waals surface area contributed by atoms with E-state index in [1.165, 1.54) is 5.56 Å². The Morgan fingerprint density at radius 3 is 1.41 bits per heavy atom. The summed E-state index contributed by atoms with van der Waals surface area (Å²) in [6, 6.07) is 8.01. The van der Waals surface area contributed by atoms with Crippen LogP contribution in [0.15, 0.2) is 41.8 Å². The van der Waals surface area contributed by atoms with Gasteiger partial charge in [-0.15, -0.1) is 0 Å². The molecule has 0 saturated carbocycles. The molecule has 0 spiro atoms. The topological polar surface area (TPSA) is 173 Å². The molecule has 4 rings (SSSR count). The molecule has 0 fully saturated rings. The molecule has 0 aliphatic heterocycles. The van der Waals surface area contributed by atoms with Gasteiger partial charge in [0.2, 0.25) is 20.9 Å². The largest absolute Gasteiger partial charge is 0.493 e. The highest BCUT2D eigenvalue weighted by Crippen LogP contribution is 2.37. The molecule has 14 heteroatoms. The smallest absolute Gasteiger partial charge is 0.248 e. The van der Waals surface area contributed by atoms with Crippen LogP contribution in [0.25, 0.3) is 0 Å². The molecule has 0 aliphatic carbocycles. The van der Waals surface area contributed by atoms with Gasteiger partial charge >= 0.3 is 0 Å². The predicted octanol–water partition coefficient (Wildman–Crippen LogP) is 6.27. The Morgan fingerprint density at radius 2 is 1.04 bits per heavy atom. The number of rotatable bonds is 15. The number of hydrogen-bond acceptors (Lipinski definition) is 13. The summed E-state index contributed by atoms with van der Waals surface area (Å²) < 4.78 is 45.3. The Morgan fingerprint density at radius 1 is 0.647 bits per heavy atom. The van der Waals surface area contributed by atoms with Crippen molar-refractivity contribution in [3.63, 3.8) is 0 Å². The second kappa shape index (κ2) is 18.4. The molecule has 2 aromatic heterocycles. The predicted molar refractivity (Wildman–Crippen MR) is 203 cm³/mol. The molecule has 4 aromatic rings. The lowest BCUT2D eigenvalue weighted by atomic mass is 9.92. The maximum atomic E-state index is 11.8. The van der Waals surface area contributed by atoms with Crippen molar-refractivity contribution >= 4 is 27.4 Å². The zero-order chi connectivity index (χ0) is 37.9. The zero-order valence-corrected chi connectivity index (χ0v) is 32.5. The molecule has 0 amide bonds. The summed E-state index contributed by atoms with van der Waals surface area (Å²) in [6.45, 7) is 13.9. The minimum absolute atomic E-state index is 0.182. The molecule has 2 aromatic carbocycles. The van der Waals surface area contributed by atoms with E-state index in [1.54, 1.807) is 40.8 Å². The van der Waals surface area contributed by atoms with Gasteiger partial charge in [0.05, 0.1) is 28.4 Å². The summed E-state index contributed by atoms with van der Waals surface area (Å²) >= 11 is 0. The number of sulfone groups is 1. The van der Waals surface area contributed by atoms with Crippen molar-refractivity contribution in [3.8, 4) is 23.0 Å². The summed E-state index contributed by atoms with van der Waals surface area (Å²) in [5, 5.41) is 6.21. The summed E-state index contributed by atoms with van der Waals surface area (Å²) in [5.74, 6) is 4.99. The summed E-state index contributed by atoms with van der Waals surface area (Å²) in [5.41, 5.74) is 12.1. The Balaban J connectivity index is 0.000000277. The molecule has 0 atom stereocenters. The molecule has 51 heavy (non-hydrogen) atoms. The van der Waals surface area contributed by atoms with Crippen LogP contribution in [0.1, 0.15) is 86.8 Å². The molecular formula is C37H53N7O6S. The van der Waals surface area contributed by atoms with Crippen LogP contribution in [0, 0.1) is 0 Å². The monoisotopic (exact) mass is 723 g/mol. The molecule has 278 valence electrons. The minimum Gasteiger partial charge on any atom is -0.493 e. The Labute approximate surface area is 302 Å². The van der Waals surface area contributed by atoms with Crippen LogP contribution < -0.4 is 35.3 Å². The van der Waals surface area contributed by atoms with Gasteiger partial charge in [0.1, 0.15) is 11.6 Å². The highest BCUT2D eigenvalue weighted by Gasteiger charge is 2.19. The zero-order valence-electron chi connectivity index (χ0n) is 31.7. The fourth-order valence-electron chi connectivity index (χ4n) is 5.55. The van der Waals surface area contributed by atoms with Gasteiger partial charge in [-0.3, -0.25) is 0 Å². The van der Waals surface area contributed by atoms with E-state index in [2.05, 4.69) is 58.3 Å². The molecular weight excluding hydrogens is 671 g/mol. The fraction of sp³-hybridized carbons (Fsp3) is 0.459. The van der Waals surface area contributed by atoms with Crippen LogP contribution in [-0.4, -0.2) is 76.1 Å². The molecule has 0 aliphatic rings. The van der Waals surface area contributed by atoms with Crippen LogP contribution >= 0.6 is 0 Å². The van der Waals surface area contributed by atoms with Gasteiger partial charge in [-0.2, -0.15) is 4.98 Å². The normalized spacial score (nSPS) is 11.2. The van der Waals surface area contributed by atoms with Gasteiger partial charge in [0.15, 0.2) is 23.0 Å². The molecule has 0 bridgehead atoms. The molecule has 0 unspecified atom stereocenters. The third-order valence-electron chi connectivity index (χ3n) is 8.04. The van der Waals surface area contributed by atoms with Crippen molar-refractivity contribution in [1.29, 1.82) is 0 Å². The van der Waals surface area contributed by atoms with Crippen LogP contribution in [0.4, 0.5) is 17.6 Å². The lowest BCUT2D eigenvalue weighted by molar-refractivity contribution is 0.354. The Bertz CT molecular complexity index is 1880. The van der Waals surface area contributed by atoms with Crippen LogP contribution in [0.3, 0.4) is 0 Å². The van der Waals surface area contributed by atoms with E-state index in [-0.39, 0.29) is 17.0 Å². The first kappa shape index (κ1) is 40.6. The van der Waals surface area contributed by atoms with Crippen molar-refractivity contribution in [2.75, 3.05) is 64.2 Å². The third-order valence-corrected chi connectivity index (χ3v) is 8.90. The summed E-state index contributed by atoms with van der Waals surface area (Å²) in [7, 11) is 3.04. The number of nitrogen functional groups attached to an aromatic ring is 1. The van der Waals surface area contributed by atoms with Crippen molar-refractivity contribution < 1.29 is 27.4 Å². The van der Waals surface area contributed by atoms with E-state index in [0.717, 1.165) is 57.9 Å². The molecule has 4 N–H and O–H groups in total. The number of nitrogens with zero attached hydrogens (tertiary/aromatic N) is 4. The van der Waals surface area contributed by atoms with E-state index in [9.17, 15) is 8.42 Å². The molecule has 0 radical (unpaired) electrons. The van der Waals surface area contributed by atoms with Gasteiger partial charge in [-0.25, -0.2) is 23.4 Å². The average Bonchev–Trinajstić information content (AvgIpc) is 3.09. The lowest BCUT2D eigenvalue weighted by Crippen LogP contribution is -2.11. The quantitative estimate of drug-likeness (QED) is 0.117. The number of ether oxygens (including phenoxy) is 4.